The number of carbonyl (C=O) groups is 1. The maximum absolute atomic E-state index is 14.5. The lowest BCUT2D eigenvalue weighted by Gasteiger charge is -2.24. The molecule has 3 heterocycles. The molecule has 26 heavy (non-hydrogen) atoms. The number of H-pyrrole nitrogens is 1. The maximum atomic E-state index is 14.5. The molecule has 2 fully saturated rings. The third-order valence-electron chi connectivity index (χ3n) is 5.85. The van der Waals surface area contributed by atoms with Gasteiger partial charge in [0, 0.05) is 26.1 Å². The lowest BCUT2D eigenvalue weighted by molar-refractivity contribution is 0.0771. The zero-order chi connectivity index (χ0) is 17.9. The van der Waals surface area contributed by atoms with E-state index >= 15 is 0 Å². The smallest absolute Gasteiger partial charge is 0.256 e. The molecule has 3 aromatic rings. The first-order valence-corrected chi connectivity index (χ1v) is 8.79. The zero-order valence-electron chi connectivity index (χ0n) is 14.3. The molecule has 1 aliphatic carbocycles. The predicted molar refractivity (Wildman–Crippen MR) is 90.0 cm³/mol. The number of nitrogens with one attached hydrogen (secondary N) is 1. The van der Waals surface area contributed by atoms with E-state index in [0.717, 1.165) is 19.3 Å². The molecule has 0 unspecified atom stereocenters. The summed E-state index contributed by atoms with van der Waals surface area (Å²) in [5, 5.41) is 8.20. The summed E-state index contributed by atoms with van der Waals surface area (Å²) in [5.74, 6) is 0.559. The molecule has 0 spiro atoms. The van der Waals surface area contributed by atoms with Crippen LogP contribution >= 0.6 is 0 Å². The Morgan fingerprint density at radius 2 is 2.31 bits per heavy atom. The number of halogens is 1. The molecule has 1 N–H and O–H groups in total. The average molecular weight is 355 g/mol. The summed E-state index contributed by atoms with van der Waals surface area (Å²) in [6.07, 6.45) is 4.48. The van der Waals surface area contributed by atoms with E-state index in [0.29, 0.717) is 35.9 Å². The van der Waals surface area contributed by atoms with Gasteiger partial charge in [0.25, 0.3) is 5.91 Å². The van der Waals surface area contributed by atoms with Gasteiger partial charge in [-0.15, -0.1) is 10.2 Å². The van der Waals surface area contributed by atoms with Crippen LogP contribution in [0.25, 0.3) is 11.0 Å². The van der Waals surface area contributed by atoms with Crippen molar-refractivity contribution in [2.24, 2.45) is 5.92 Å². The number of fused-ring (bicyclic) bond motifs is 2. The summed E-state index contributed by atoms with van der Waals surface area (Å²) in [4.78, 5) is 21.7. The van der Waals surface area contributed by atoms with E-state index in [-0.39, 0.29) is 22.8 Å². The second-order valence-electron chi connectivity index (χ2n) is 7.31. The van der Waals surface area contributed by atoms with Gasteiger partial charge in [-0.05, 0) is 24.8 Å². The van der Waals surface area contributed by atoms with Gasteiger partial charge in [-0.3, -0.25) is 4.79 Å². The first-order valence-electron chi connectivity index (χ1n) is 8.79. The molecule has 7 nitrogen and oxygen atoms in total. The lowest BCUT2D eigenvalue weighted by atomic mass is 9.80. The van der Waals surface area contributed by atoms with Gasteiger partial charge in [-0.1, -0.05) is 6.42 Å². The molecule has 5 rings (SSSR count). The van der Waals surface area contributed by atoms with Crippen LogP contribution in [0.1, 0.15) is 41.4 Å². The van der Waals surface area contributed by atoms with Crippen LogP contribution in [-0.4, -0.2) is 44.1 Å². The molecule has 1 saturated carbocycles. The fourth-order valence-electron chi connectivity index (χ4n) is 4.58. The number of imidazole rings is 1. The Bertz CT molecular complexity index is 1010. The number of aromatic amines is 1. The lowest BCUT2D eigenvalue weighted by Crippen LogP contribution is -2.35. The molecule has 1 aromatic carbocycles. The second-order valence-corrected chi connectivity index (χ2v) is 7.31. The highest BCUT2D eigenvalue weighted by molar-refractivity contribution is 5.98. The van der Waals surface area contributed by atoms with Crippen molar-refractivity contribution in [3.8, 4) is 0 Å². The van der Waals surface area contributed by atoms with Gasteiger partial charge in [0.2, 0.25) is 11.8 Å². The third kappa shape index (κ3) is 2.11. The number of hydrogen-bond donors (Lipinski definition) is 1. The Morgan fingerprint density at radius 1 is 1.42 bits per heavy atom. The first kappa shape index (κ1) is 15.5. The van der Waals surface area contributed by atoms with Crippen molar-refractivity contribution >= 4 is 16.9 Å². The fourth-order valence-corrected chi connectivity index (χ4v) is 4.58. The summed E-state index contributed by atoms with van der Waals surface area (Å²) < 4.78 is 20.2. The monoisotopic (exact) mass is 355 g/mol. The number of amides is 1. The molecule has 0 radical (unpaired) electrons. The van der Waals surface area contributed by atoms with Crippen molar-refractivity contribution in [3.63, 3.8) is 0 Å². The number of aryl methyl sites for hydroxylation is 1. The van der Waals surface area contributed by atoms with E-state index in [2.05, 4.69) is 20.2 Å². The van der Waals surface area contributed by atoms with Crippen LogP contribution in [0.15, 0.2) is 22.9 Å². The van der Waals surface area contributed by atoms with E-state index in [4.69, 9.17) is 4.42 Å². The summed E-state index contributed by atoms with van der Waals surface area (Å²) >= 11 is 0. The van der Waals surface area contributed by atoms with E-state index < -0.39 is 5.82 Å². The number of hydrogen-bond acceptors (Lipinski definition) is 5. The van der Waals surface area contributed by atoms with Crippen molar-refractivity contribution in [2.45, 2.75) is 31.6 Å². The second kappa shape index (κ2) is 5.36. The number of benzene rings is 1. The molecule has 0 bridgehead atoms. The highest BCUT2D eigenvalue weighted by Gasteiger charge is 2.55. The van der Waals surface area contributed by atoms with E-state index in [1.165, 1.54) is 18.5 Å². The standard InChI is InChI=1S/C18H18FN5O2/c1-10-22-23-17(26-10)18-4-2-3-11(18)7-24(8-18)16(25)12-5-14-15(6-13(12)19)21-9-20-14/h5-6,9,11H,2-4,7-8H2,1H3,(H,20,21)/t11-,18-/m0/s1. The molecule has 1 aliphatic heterocycles. The van der Waals surface area contributed by atoms with Crippen molar-refractivity contribution in [3.05, 3.63) is 41.6 Å². The highest BCUT2D eigenvalue weighted by atomic mass is 19.1. The molecule has 2 atom stereocenters. The Hall–Kier alpha value is -2.77. The third-order valence-corrected chi connectivity index (χ3v) is 5.85. The number of likely N-dealkylation sites (tertiary alicyclic amines) is 1. The van der Waals surface area contributed by atoms with E-state index in [1.54, 1.807) is 11.8 Å². The van der Waals surface area contributed by atoms with Gasteiger partial charge in [0.1, 0.15) is 5.82 Å². The van der Waals surface area contributed by atoms with Crippen LogP contribution in [0.3, 0.4) is 0 Å². The van der Waals surface area contributed by atoms with Crippen molar-refractivity contribution in [1.82, 2.24) is 25.1 Å². The minimum Gasteiger partial charge on any atom is -0.425 e. The molecule has 1 saturated heterocycles. The minimum absolute atomic E-state index is 0.0569. The van der Waals surface area contributed by atoms with Crippen LogP contribution in [-0.2, 0) is 5.41 Å². The van der Waals surface area contributed by atoms with Crippen molar-refractivity contribution in [1.29, 1.82) is 0 Å². The van der Waals surface area contributed by atoms with Gasteiger partial charge in [0.05, 0.1) is 28.3 Å². The zero-order valence-corrected chi connectivity index (χ0v) is 14.3. The van der Waals surface area contributed by atoms with Crippen LogP contribution in [0.4, 0.5) is 4.39 Å². The molecule has 134 valence electrons. The quantitative estimate of drug-likeness (QED) is 0.763. The van der Waals surface area contributed by atoms with Gasteiger partial charge in [0.15, 0.2) is 0 Å². The van der Waals surface area contributed by atoms with E-state index in [9.17, 15) is 9.18 Å². The maximum Gasteiger partial charge on any atom is 0.256 e. The average Bonchev–Trinajstić information content (AvgIpc) is 3.35. The van der Waals surface area contributed by atoms with Gasteiger partial charge >= 0.3 is 0 Å². The summed E-state index contributed by atoms with van der Waals surface area (Å²) in [5.41, 5.74) is 0.914. The summed E-state index contributed by atoms with van der Waals surface area (Å²) in [6.45, 7) is 2.83. The summed E-state index contributed by atoms with van der Waals surface area (Å²) in [6, 6.07) is 2.84. The number of carbonyl (C=O) groups excluding carboxylic acids is 1. The van der Waals surface area contributed by atoms with Crippen molar-refractivity contribution < 1.29 is 13.6 Å². The Kier molecular flexibility index (Phi) is 3.19. The molecule has 8 heteroatoms. The summed E-state index contributed by atoms with van der Waals surface area (Å²) in [7, 11) is 0. The predicted octanol–water partition coefficient (Wildman–Crippen LogP) is 2.59. The Morgan fingerprint density at radius 3 is 3.12 bits per heavy atom. The van der Waals surface area contributed by atoms with Gasteiger partial charge in [-0.25, -0.2) is 9.37 Å². The van der Waals surface area contributed by atoms with Crippen LogP contribution in [0.5, 0.6) is 0 Å². The highest BCUT2D eigenvalue weighted by Crippen LogP contribution is 2.50. The molecular weight excluding hydrogens is 337 g/mol. The van der Waals surface area contributed by atoms with Crippen LogP contribution < -0.4 is 0 Å². The normalized spacial score (nSPS) is 25.2. The number of nitrogens with zero attached hydrogens (tertiary/aromatic N) is 4. The topological polar surface area (TPSA) is 87.9 Å². The Labute approximate surface area is 148 Å². The molecule has 2 aromatic heterocycles. The Balaban J connectivity index is 1.49. The van der Waals surface area contributed by atoms with Gasteiger partial charge in [-0.2, -0.15) is 0 Å². The number of aromatic nitrogens is 4. The van der Waals surface area contributed by atoms with E-state index in [1.807, 2.05) is 0 Å². The molecule has 2 aliphatic rings. The van der Waals surface area contributed by atoms with Crippen LogP contribution in [0, 0.1) is 18.7 Å². The fraction of sp³-hybridized carbons (Fsp3) is 0.444. The SMILES string of the molecule is Cc1nnc([C@]23CCC[C@H]2CN(C(=O)c2cc4nc[nH]c4cc2F)C3)o1. The molecular formula is C18H18FN5O2. The van der Waals surface area contributed by atoms with Crippen LogP contribution in [0.2, 0.25) is 0 Å². The van der Waals surface area contributed by atoms with Crippen molar-refractivity contribution in [2.75, 3.05) is 13.1 Å². The minimum atomic E-state index is -0.536. The number of rotatable bonds is 2. The first-order chi connectivity index (χ1) is 12.6. The van der Waals surface area contributed by atoms with Gasteiger partial charge < -0.3 is 14.3 Å². The largest absolute Gasteiger partial charge is 0.425 e. The molecule has 1 amide bonds.